The molecule has 3 N–H and O–H groups in total. The van der Waals surface area contributed by atoms with E-state index in [2.05, 4.69) is 17.2 Å². The zero-order valence-corrected chi connectivity index (χ0v) is 10.4. The molecule has 0 bridgehead atoms. The summed E-state index contributed by atoms with van der Waals surface area (Å²) in [5.41, 5.74) is 7.35. The summed E-state index contributed by atoms with van der Waals surface area (Å²) in [7, 11) is 0. The van der Waals surface area contributed by atoms with Crippen molar-refractivity contribution in [3.8, 4) is 11.8 Å². The van der Waals surface area contributed by atoms with Crippen molar-refractivity contribution < 1.29 is 4.79 Å². The maximum absolute atomic E-state index is 11.6. The first-order chi connectivity index (χ1) is 8.78. The van der Waals surface area contributed by atoms with Gasteiger partial charge in [-0.25, -0.2) is 0 Å². The van der Waals surface area contributed by atoms with Gasteiger partial charge >= 0.3 is 0 Å². The smallest absolute Gasteiger partial charge is 0.220 e. The van der Waals surface area contributed by atoms with Crippen molar-refractivity contribution in [2.24, 2.45) is 11.7 Å². The largest absolute Gasteiger partial charge is 0.352 e. The van der Waals surface area contributed by atoms with Crippen LogP contribution >= 0.6 is 0 Å². The number of hydrogen-bond acceptors (Lipinski definition) is 2. The van der Waals surface area contributed by atoms with Gasteiger partial charge in [-0.2, -0.15) is 0 Å². The highest BCUT2D eigenvalue weighted by atomic mass is 16.1. The molecule has 2 rings (SSSR count). The Balaban J connectivity index is 1.86. The average molecular weight is 242 g/mol. The van der Waals surface area contributed by atoms with E-state index in [1.54, 1.807) is 0 Å². The van der Waals surface area contributed by atoms with Crippen LogP contribution in [-0.2, 0) is 11.3 Å². The third kappa shape index (κ3) is 4.23. The molecule has 3 heteroatoms. The molecule has 94 valence electrons. The summed E-state index contributed by atoms with van der Waals surface area (Å²) in [6.07, 6.45) is 3.09. The standard InChI is InChI=1S/C15H18N2O/c16-8-2-5-12-3-1-4-14(9-12)11-17-15(18)10-13-6-7-13/h1,3-4,9,13H,6-8,10-11,16H2,(H,17,18). The monoisotopic (exact) mass is 242 g/mol. The van der Waals surface area contributed by atoms with E-state index in [4.69, 9.17) is 5.73 Å². The molecule has 1 amide bonds. The number of amides is 1. The molecule has 3 nitrogen and oxygen atoms in total. The molecule has 1 aromatic rings. The van der Waals surface area contributed by atoms with Crippen LogP contribution in [0.1, 0.15) is 30.4 Å². The third-order valence-corrected chi connectivity index (χ3v) is 2.92. The Morgan fingerprint density at radius 1 is 1.44 bits per heavy atom. The molecule has 1 saturated carbocycles. The minimum atomic E-state index is 0.149. The normalized spacial score (nSPS) is 13.6. The van der Waals surface area contributed by atoms with Gasteiger partial charge in [-0.3, -0.25) is 4.79 Å². The predicted molar refractivity (Wildman–Crippen MR) is 71.6 cm³/mol. The molecule has 0 heterocycles. The highest BCUT2D eigenvalue weighted by Gasteiger charge is 2.23. The van der Waals surface area contributed by atoms with E-state index in [1.807, 2.05) is 24.3 Å². The van der Waals surface area contributed by atoms with Crippen molar-refractivity contribution >= 4 is 5.91 Å². The minimum Gasteiger partial charge on any atom is -0.352 e. The molecule has 0 radical (unpaired) electrons. The summed E-state index contributed by atoms with van der Waals surface area (Å²) < 4.78 is 0. The number of rotatable bonds is 4. The quantitative estimate of drug-likeness (QED) is 0.784. The Hall–Kier alpha value is -1.79. The fourth-order valence-corrected chi connectivity index (χ4v) is 1.77. The number of hydrogen-bond donors (Lipinski definition) is 2. The lowest BCUT2D eigenvalue weighted by Gasteiger charge is -2.05. The molecule has 0 atom stereocenters. The molecule has 0 spiro atoms. The highest BCUT2D eigenvalue weighted by Crippen LogP contribution is 2.32. The number of nitrogens with one attached hydrogen (secondary N) is 1. The van der Waals surface area contributed by atoms with Gasteiger partial charge in [0, 0.05) is 18.5 Å². The van der Waals surface area contributed by atoms with E-state index in [-0.39, 0.29) is 5.91 Å². The van der Waals surface area contributed by atoms with Gasteiger partial charge in [0.25, 0.3) is 0 Å². The average Bonchev–Trinajstić information content (AvgIpc) is 3.18. The molecule has 0 aromatic heterocycles. The van der Waals surface area contributed by atoms with Crippen molar-refractivity contribution in [3.05, 3.63) is 35.4 Å². The van der Waals surface area contributed by atoms with Gasteiger partial charge in [0.05, 0.1) is 6.54 Å². The van der Waals surface area contributed by atoms with Crippen molar-refractivity contribution in [1.82, 2.24) is 5.32 Å². The first kappa shape index (κ1) is 12.7. The SMILES string of the molecule is NCC#Cc1cccc(CNC(=O)CC2CC2)c1. The Labute approximate surface area is 108 Å². The topological polar surface area (TPSA) is 55.1 Å². The fourth-order valence-electron chi connectivity index (χ4n) is 1.77. The van der Waals surface area contributed by atoms with Crippen LogP contribution in [-0.4, -0.2) is 12.5 Å². The summed E-state index contributed by atoms with van der Waals surface area (Å²) in [6, 6.07) is 7.87. The molecule has 1 fully saturated rings. The lowest BCUT2D eigenvalue weighted by atomic mass is 10.1. The van der Waals surface area contributed by atoms with Gasteiger partial charge in [0.15, 0.2) is 0 Å². The first-order valence-corrected chi connectivity index (χ1v) is 6.32. The lowest BCUT2D eigenvalue weighted by molar-refractivity contribution is -0.121. The van der Waals surface area contributed by atoms with Gasteiger partial charge in [-0.05, 0) is 36.5 Å². The summed E-state index contributed by atoms with van der Waals surface area (Å²) in [5.74, 6) is 6.59. The minimum absolute atomic E-state index is 0.149. The fraction of sp³-hybridized carbons (Fsp3) is 0.400. The highest BCUT2D eigenvalue weighted by molar-refractivity contribution is 5.76. The summed E-state index contributed by atoms with van der Waals surface area (Å²) in [4.78, 5) is 11.6. The first-order valence-electron chi connectivity index (χ1n) is 6.32. The Morgan fingerprint density at radius 3 is 3.00 bits per heavy atom. The second-order valence-electron chi connectivity index (χ2n) is 4.63. The third-order valence-electron chi connectivity index (χ3n) is 2.92. The van der Waals surface area contributed by atoms with Gasteiger partial charge in [0.1, 0.15) is 0 Å². The van der Waals surface area contributed by atoms with Gasteiger partial charge < -0.3 is 11.1 Å². The van der Waals surface area contributed by atoms with Crippen LogP contribution in [0.2, 0.25) is 0 Å². The van der Waals surface area contributed by atoms with Crippen molar-refractivity contribution in [2.75, 3.05) is 6.54 Å². The second kappa shape index (κ2) is 6.23. The van der Waals surface area contributed by atoms with E-state index >= 15 is 0 Å². The van der Waals surface area contributed by atoms with Crippen molar-refractivity contribution in [1.29, 1.82) is 0 Å². The van der Waals surface area contributed by atoms with E-state index in [0.717, 1.165) is 11.1 Å². The molecule has 1 aliphatic carbocycles. The zero-order chi connectivity index (χ0) is 12.8. The van der Waals surface area contributed by atoms with Crippen LogP contribution in [0.25, 0.3) is 0 Å². The van der Waals surface area contributed by atoms with Gasteiger partial charge in [-0.15, -0.1) is 0 Å². The molecular formula is C15H18N2O. The number of nitrogens with two attached hydrogens (primary N) is 1. The van der Waals surface area contributed by atoms with E-state index < -0.39 is 0 Å². The second-order valence-corrected chi connectivity index (χ2v) is 4.63. The molecule has 0 saturated heterocycles. The van der Waals surface area contributed by atoms with Crippen LogP contribution < -0.4 is 11.1 Å². The Morgan fingerprint density at radius 2 is 2.28 bits per heavy atom. The molecule has 0 unspecified atom stereocenters. The van der Waals surface area contributed by atoms with Crippen LogP contribution in [0.5, 0.6) is 0 Å². The molecular weight excluding hydrogens is 224 g/mol. The van der Waals surface area contributed by atoms with Crippen LogP contribution in [0.3, 0.4) is 0 Å². The molecule has 1 aromatic carbocycles. The summed E-state index contributed by atoms with van der Waals surface area (Å²) >= 11 is 0. The molecule has 1 aliphatic rings. The van der Waals surface area contributed by atoms with E-state index in [0.29, 0.717) is 25.4 Å². The maximum Gasteiger partial charge on any atom is 0.220 e. The van der Waals surface area contributed by atoms with E-state index in [9.17, 15) is 4.79 Å². The number of benzene rings is 1. The molecule has 18 heavy (non-hydrogen) atoms. The van der Waals surface area contributed by atoms with Crippen LogP contribution in [0, 0.1) is 17.8 Å². The summed E-state index contributed by atoms with van der Waals surface area (Å²) in [5, 5.41) is 2.94. The molecule has 0 aliphatic heterocycles. The van der Waals surface area contributed by atoms with Crippen molar-refractivity contribution in [2.45, 2.75) is 25.8 Å². The van der Waals surface area contributed by atoms with E-state index in [1.165, 1.54) is 12.8 Å². The van der Waals surface area contributed by atoms with Crippen LogP contribution in [0.15, 0.2) is 24.3 Å². The predicted octanol–water partition coefficient (Wildman–Crippen LogP) is 1.41. The maximum atomic E-state index is 11.6. The Kier molecular flexibility index (Phi) is 4.38. The van der Waals surface area contributed by atoms with Gasteiger partial charge in [-0.1, -0.05) is 24.0 Å². The summed E-state index contributed by atoms with van der Waals surface area (Å²) in [6.45, 7) is 0.937. The number of carbonyl (C=O) groups excluding carboxylic acids is 1. The Bertz CT molecular complexity index is 481. The van der Waals surface area contributed by atoms with Crippen molar-refractivity contribution in [3.63, 3.8) is 0 Å². The zero-order valence-electron chi connectivity index (χ0n) is 10.4. The lowest BCUT2D eigenvalue weighted by Crippen LogP contribution is -2.22. The van der Waals surface area contributed by atoms with Crippen LogP contribution in [0.4, 0.5) is 0 Å². The van der Waals surface area contributed by atoms with Gasteiger partial charge in [0.2, 0.25) is 5.91 Å². The number of carbonyl (C=O) groups is 1.